The number of aromatic nitrogens is 1. The third kappa shape index (κ3) is 3.47. The molecule has 0 spiro atoms. The van der Waals surface area contributed by atoms with E-state index in [1.165, 1.54) is 0 Å². The fraction of sp³-hybridized carbons (Fsp3) is 0.333. The molecule has 2 aromatic rings. The summed E-state index contributed by atoms with van der Waals surface area (Å²) in [6.07, 6.45) is 1.11. The molecular formula is C15H17NO2S. The van der Waals surface area contributed by atoms with Gasteiger partial charge in [-0.15, -0.1) is 11.8 Å². The number of carboxylic acid groups (broad SMARTS) is 1. The molecule has 0 saturated carbocycles. The molecule has 1 aromatic carbocycles. The molecule has 100 valence electrons. The smallest absolute Gasteiger partial charge is 0.354 e. The van der Waals surface area contributed by atoms with Crippen LogP contribution in [0.3, 0.4) is 0 Å². The molecule has 0 saturated heterocycles. The highest BCUT2D eigenvalue weighted by Gasteiger charge is 2.11. The number of carboxylic acids is 1. The van der Waals surface area contributed by atoms with Gasteiger partial charge in [0.2, 0.25) is 0 Å². The van der Waals surface area contributed by atoms with Crippen LogP contribution in [0.2, 0.25) is 0 Å². The zero-order chi connectivity index (χ0) is 13.8. The van der Waals surface area contributed by atoms with Gasteiger partial charge in [-0.3, -0.25) is 0 Å². The van der Waals surface area contributed by atoms with Gasteiger partial charge in [0.25, 0.3) is 0 Å². The maximum Gasteiger partial charge on any atom is 0.354 e. The zero-order valence-corrected chi connectivity index (χ0v) is 11.9. The topological polar surface area (TPSA) is 50.2 Å². The Bertz CT molecular complexity index is 596. The van der Waals surface area contributed by atoms with Crippen LogP contribution in [0.15, 0.2) is 35.2 Å². The van der Waals surface area contributed by atoms with Gasteiger partial charge in [-0.2, -0.15) is 0 Å². The number of rotatable bonds is 5. The molecule has 0 amide bonds. The molecule has 2 rings (SSSR count). The maximum absolute atomic E-state index is 11.1. The Labute approximate surface area is 117 Å². The molecule has 1 N–H and O–H groups in total. The molecule has 1 heterocycles. The van der Waals surface area contributed by atoms with Gasteiger partial charge >= 0.3 is 5.97 Å². The number of hydrogen-bond donors (Lipinski definition) is 1. The molecule has 1 aromatic heterocycles. The Morgan fingerprint density at radius 3 is 2.79 bits per heavy atom. The summed E-state index contributed by atoms with van der Waals surface area (Å²) in [6.45, 7) is 4.38. The molecule has 3 nitrogen and oxygen atoms in total. The molecule has 0 unspecified atom stereocenters. The number of fused-ring (bicyclic) bond motifs is 1. The molecule has 0 fully saturated rings. The Kier molecular flexibility index (Phi) is 4.43. The maximum atomic E-state index is 11.1. The highest BCUT2D eigenvalue weighted by Crippen LogP contribution is 2.29. The lowest BCUT2D eigenvalue weighted by Crippen LogP contribution is -2.01. The zero-order valence-electron chi connectivity index (χ0n) is 11.1. The van der Waals surface area contributed by atoms with Crippen molar-refractivity contribution in [3.63, 3.8) is 0 Å². The van der Waals surface area contributed by atoms with Gasteiger partial charge in [0.05, 0.1) is 5.52 Å². The van der Waals surface area contributed by atoms with E-state index in [4.69, 9.17) is 5.11 Å². The van der Waals surface area contributed by atoms with Gasteiger partial charge in [0.15, 0.2) is 0 Å². The summed E-state index contributed by atoms with van der Waals surface area (Å²) in [5.41, 5.74) is 0.861. The molecule has 0 aliphatic heterocycles. The van der Waals surface area contributed by atoms with Gasteiger partial charge in [0, 0.05) is 10.3 Å². The quantitative estimate of drug-likeness (QED) is 0.836. The highest BCUT2D eigenvalue weighted by atomic mass is 32.2. The summed E-state index contributed by atoms with van der Waals surface area (Å²) < 4.78 is 0. The van der Waals surface area contributed by atoms with Crippen molar-refractivity contribution in [1.29, 1.82) is 0 Å². The van der Waals surface area contributed by atoms with Crippen LogP contribution < -0.4 is 0 Å². The first-order valence-corrected chi connectivity index (χ1v) is 7.32. The molecular weight excluding hydrogens is 258 g/mol. The van der Waals surface area contributed by atoms with E-state index in [1.54, 1.807) is 17.8 Å². The molecule has 0 bridgehead atoms. The van der Waals surface area contributed by atoms with Gasteiger partial charge in [-0.1, -0.05) is 32.0 Å². The molecule has 0 radical (unpaired) electrons. The summed E-state index contributed by atoms with van der Waals surface area (Å²) in [6, 6.07) is 9.36. The molecule has 0 atom stereocenters. The number of thioether (sulfide) groups is 1. The minimum absolute atomic E-state index is 0.116. The number of para-hydroxylation sites is 1. The predicted molar refractivity (Wildman–Crippen MR) is 78.9 cm³/mol. The van der Waals surface area contributed by atoms with Crippen molar-refractivity contribution in [3.8, 4) is 0 Å². The molecule has 0 aliphatic rings. The van der Waals surface area contributed by atoms with E-state index in [-0.39, 0.29) is 5.69 Å². The second-order valence-corrected chi connectivity index (χ2v) is 6.00. The Balaban J connectivity index is 2.36. The standard InChI is InChI=1S/C15H17NO2S/c1-10(2)7-8-19-14-9-13(15(17)18)16-12-6-4-3-5-11(12)14/h3-6,9-10H,7-8H2,1-2H3,(H,17,18). The number of benzene rings is 1. The third-order valence-corrected chi connectivity index (χ3v) is 3.94. The summed E-state index contributed by atoms with van der Waals surface area (Å²) >= 11 is 1.71. The van der Waals surface area contributed by atoms with Crippen LogP contribution in [0.5, 0.6) is 0 Å². The van der Waals surface area contributed by atoms with Crippen LogP contribution >= 0.6 is 11.8 Å². The van der Waals surface area contributed by atoms with E-state index >= 15 is 0 Å². The lowest BCUT2D eigenvalue weighted by molar-refractivity contribution is 0.0690. The summed E-state index contributed by atoms with van der Waals surface area (Å²) in [7, 11) is 0. The Morgan fingerprint density at radius 1 is 1.37 bits per heavy atom. The second-order valence-electron chi connectivity index (χ2n) is 4.86. The first kappa shape index (κ1) is 13.9. The Morgan fingerprint density at radius 2 is 2.11 bits per heavy atom. The van der Waals surface area contributed by atoms with E-state index in [9.17, 15) is 4.79 Å². The van der Waals surface area contributed by atoms with E-state index in [2.05, 4.69) is 18.8 Å². The summed E-state index contributed by atoms with van der Waals surface area (Å²) in [5, 5.41) is 10.1. The van der Waals surface area contributed by atoms with Gasteiger partial charge in [0.1, 0.15) is 5.69 Å². The normalized spacial score (nSPS) is 11.1. The van der Waals surface area contributed by atoms with Crippen molar-refractivity contribution in [1.82, 2.24) is 4.98 Å². The molecule has 4 heteroatoms. The first-order valence-electron chi connectivity index (χ1n) is 6.34. The van der Waals surface area contributed by atoms with E-state index in [0.717, 1.165) is 28.0 Å². The van der Waals surface area contributed by atoms with Crippen LogP contribution in [0.25, 0.3) is 10.9 Å². The number of aromatic carboxylic acids is 1. The molecule has 0 aliphatic carbocycles. The second kappa shape index (κ2) is 6.06. The fourth-order valence-corrected chi connectivity index (χ4v) is 3.11. The average Bonchev–Trinajstić information content (AvgIpc) is 2.38. The van der Waals surface area contributed by atoms with Crippen LogP contribution in [0.4, 0.5) is 0 Å². The van der Waals surface area contributed by atoms with Crippen molar-refractivity contribution in [2.75, 3.05) is 5.75 Å². The van der Waals surface area contributed by atoms with Crippen molar-refractivity contribution in [3.05, 3.63) is 36.0 Å². The number of hydrogen-bond acceptors (Lipinski definition) is 3. The van der Waals surface area contributed by atoms with E-state index < -0.39 is 5.97 Å². The van der Waals surface area contributed by atoms with Gasteiger partial charge < -0.3 is 5.11 Å². The van der Waals surface area contributed by atoms with Crippen LogP contribution in [-0.4, -0.2) is 21.8 Å². The van der Waals surface area contributed by atoms with E-state index in [1.807, 2.05) is 24.3 Å². The summed E-state index contributed by atoms with van der Waals surface area (Å²) in [5.74, 6) is 0.668. The van der Waals surface area contributed by atoms with Crippen molar-refractivity contribution >= 4 is 28.6 Å². The van der Waals surface area contributed by atoms with Crippen LogP contribution in [0, 0.1) is 5.92 Å². The van der Waals surface area contributed by atoms with Gasteiger partial charge in [-0.25, -0.2) is 9.78 Å². The monoisotopic (exact) mass is 275 g/mol. The minimum Gasteiger partial charge on any atom is -0.477 e. The lowest BCUT2D eigenvalue weighted by Gasteiger charge is -2.08. The van der Waals surface area contributed by atoms with Crippen molar-refractivity contribution < 1.29 is 9.90 Å². The lowest BCUT2D eigenvalue weighted by atomic mass is 10.2. The minimum atomic E-state index is -0.975. The van der Waals surface area contributed by atoms with Crippen LogP contribution in [0.1, 0.15) is 30.8 Å². The van der Waals surface area contributed by atoms with E-state index in [0.29, 0.717) is 5.92 Å². The SMILES string of the molecule is CC(C)CCSc1cc(C(=O)O)nc2ccccc12. The highest BCUT2D eigenvalue weighted by molar-refractivity contribution is 7.99. The number of nitrogens with zero attached hydrogens (tertiary/aromatic N) is 1. The van der Waals surface area contributed by atoms with Crippen molar-refractivity contribution in [2.45, 2.75) is 25.2 Å². The fourth-order valence-electron chi connectivity index (χ4n) is 1.78. The number of pyridine rings is 1. The largest absolute Gasteiger partial charge is 0.477 e. The third-order valence-electron chi connectivity index (χ3n) is 2.85. The van der Waals surface area contributed by atoms with Crippen molar-refractivity contribution in [2.24, 2.45) is 5.92 Å². The van der Waals surface area contributed by atoms with Crippen LogP contribution in [-0.2, 0) is 0 Å². The van der Waals surface area contributed by atoms with Gasteiger partial charge in [-0.05, 0) is 30.2 Å². The summed E-state index contributed by atoms with van der Waals surface area (Å²) in [4.78, 5) is 16.3. The Hall–Kier alpha value is -1.55. The average molecular weight is 275 g/mol. The first-order chi connectivity index (χ1) is 9.08. The molecule has 19 heavy (non-hydrogen) atoms. The predicted octanol–water partition coefficient (Wildman–Crippen LogP) is 4.07. The number of carbonyl (C=O) groups is 1.